The van der Waals surface area contributed by atoms with Gasteiger partial charge in [-0.2, -0.15) is 0 Å². The molecule has 0 saturated carbocycles. The molecular weight excluding hydrogens is 158 g/mol. The van der Waals surface area contributed by atoms with E-state index in [-0.39, 0.29) is 5.91 Å². The van der Waals surface area contributed by atoms with Gasteiger partial charge in [0.2, 0.25) is 6.29 Å². The third-order valence-electron chi connectivity index (χ3n) is 1.59. The Bertz CT molecular complexity index is 143. The number of amides is 1. The van der Waals surface area contributed by atoms with Crippen molar-refractivity contribution < 1.29 is 14.3 Å². The van der Waals surface area contributed by atoms with Crippen molar-refractivity contribution in [1.82, 2.24) is 5.32 Å². The van der Waals surface area contributed by atoms with Crippen molar-refractivity contribution in [3.05, 3.63) is 0 Å². The SMILES string of the molecule is CCCNC(=O)C1OCCCO1. The molecule has 12 heavy (non-hydrogen) atoms. The molecule has 1 heterocycles. The summed E-state index contributed by atoms with van der Waals surface area (Å²) in [5.74, 6) is -0.156. The largest absolute Gasteiger partial charge is 0.352 e. The van der Waals surface area contributed by atoms with Crippen LogP contribution in [0.15, 0.2) is 0 Å². The molecule has 0 aromatic rings. The first kappa shape index (κ1) is 9.48. The summed E-state index contributed by atoms with van der Waals surface area (Å²) in [5.41, 5.74) is 0. The van der Waals surface area contributed by atoms with Crippen molar-refractivity contribution in [2.75, 3.05) is 19.8 Å². The Labute approximate surface area is 72.2 Å². The van der Waals surface area contributed by atoms with Crippen LogP contribution in [0.2, 0.25) is 0 Å². The van der Waals surface area contributed by atoms with Gasteiger partial charge in [-0.25, -0.2) is 0 Å². The highest BCUT2D eigenvalue weighted by molar-refractivity contribution is 5.79. The van der Waals surface area contributed by atoms with Crippen LogP contribution in [-0.2, 0) is 14.3 Å². The molecule has 0 radical (unpaired) electrons. The van der Waals surface area contributed by atoms with Gasteiger partial charge in [0.25, 0.3) is 5.91 Å². The Balaban J connectivity index is 2.20. The lowest BCUT2D eigenvalue weighted by molar-refractivity contribution is -0.190. The molecule has 4 nitrogen and oxygen atoms in total. The quantitative estimate of drug-likeness (QED) is 0.666. The molecule has 0 spiro atoms. The summed E-state index contributed by atoms with van der Waals surface area (Å²) < 4.78 is 10.2. The van der Waals surface area contributed by atoms with Crippen molar-refractivity contribution in [2.24, 2.45) is 0 Å². The maximum Gasteiger partial charge on any atom is 0.277 e. The van der Waals surface area contributed by atoms with Gasteiger partial charge in [-0.15, -0.1) is 0 Å². The molecular formula is C8H15NO3. The number of ether oxygens (including phenoxy) is 2. The van der Waals surface area contributed by atoms with Gasteiger partial charge in [-0.05, 0) is 12.8 Å². The molecule has 0 aliphatic carbocycles. The molecule has 1 saturated heterocycles. The highest BCUT2D eigenvalue weighted by Crippen LogP contribution is 2.04. The molecule has 1 aliphatic rings. The first-order valence-electron chi connectivity index (χ1n) is 4.35. The number of carbonyl (C=O) groups excluding carboxylic acids is 1. The van der Waals surface area contributed by atoms with Crippen LogP contribution in [0.1, 0.15) is 19.8 Å². The summed E-state index contributed by atoms with van der Waals surface area (Å²) >= 11 is 0. The number of carbonyl (C=O) groups is 1. The number of rotatable bonds is 3. The lowest BCUT2D eigenvalue weighted by atomic mass is 10.4. The molecule has 1 N–H and O–H groups in total. The molecule has 1 amide bonds. The number of hydrogen-bond donors (Lipinski definition) is 1. The van der Waals surface area contributed by atoms with Gasteiger partial charge in [0.05, 0.1) is 13.2 Å². The summed E-state index contributed by atoms with van der Waals surface area (Å²) in [6.45, 7) is 3.92. The van der Waals surface area contributed by atoms with Crippen molar-refractivity contribution >= 4 is 5.91 Å². The second-order valence-electron chi connectivity index (χ2n) is 2.72. The van der Waals surface area contributed by atoms with E-state index < -0.39 is 6.29 Å². The minimum atomic E-state index is -0.676. The number of nitrogens with one attached hydrogen (secondary N) is 1. The normalized spacial score (nSPS) is 19.1. The Kier molecular flexibility index (Phi) is 4.04. The molecule has 1 aliphatic heterocycles. The molecule has 1 rings (SSSR count). The van der Waals surface area contributed by atoms with Crippen LogP contribution in [0.3, 0.4) is 0 Å². The Morgan fingerprint density at radius 2 is 2.17 bits per heavy atom. The second kappa shape index (κ2) is 5.11. The first-order chi connectivity index (χ1) is 5.84. The Morgan fingerprint density at radius 1 is 1.50 bits per heavy atom. The summed E-state index contributed by atoms with van der Waals surface area (Å²) in [6, 6.07) is 0. The highest BCUT2D eigenvalue weighted by atomic mass is 16.7. The van der Waals surface area contributed by atoms with E-state index in [2.05, 4.69) is 5.32 Å². The molecule has 70 valence electrons. The fraction of sp³-hybridized carbons (Fsp3) is 0.875. The summed E-state index contributed by atoms with van der Waals surface area (Å²) in [6.07, 6.45) is 1.13. The standard InChI is InChI=1S/C8H15NO3/c1-2-4-9-7(10)8-11-5-3-6-12-8/h8H,2-6H2,1H3,(H,9,10). The molecule has 0 aromatic heterocycles. The minimum Gasteiger partial charge on any atom is -0.352 e. The maximum atomic E-state index is 11.2. The van der Waals surface area contributed by atoms with E-state index in [4.69, 9.17) is 9.47 Å². The van der Waals surface area contributed by atoms with Crippen LogP contribution < -0.4 is 5.32 Å². The lowest BCUT2D eigenvalue weighted by Crippen LogP contribution is -2.41. The Hall–Kier alpha value is -0.610. The fourth-order valence-electron chi connectivity index (χ4n) is 0.971. The molecule has 1 fully saturated rings. The molecule has 4 heteroatoms. The number of hydrogen-bond acceptors (Lipinski definition) is 3. The fourth-order valence-corrected chi connectivity index (χ4v) is 0.971. The van der Waals surface area contributed by atoms with Crippen molar-refractivity contribution in [3.63, 3.8) is 0 Å². The van der Waals surface area contributed by atoms with Gasteiger partial charge in [0.1, 0.15) is 0 Å². The van der Waals surface area contributed by atoms with E-state index in [0.29, 0.717) is 19.8 Å². The monoisotopic (exact) mass is 173 g/mol. The van der Waals surface area contributed by atoms with Crippen LogP contribution in [0, 0.1) is 0 Å². The van der Waals surface area contributed by atoms with Gasteiger partial charge in [-0.1, -0.05) is 6.92 Å². The summed E-state index contributed by atoms with van der Waals surface area (Å²) in [5, 5.41) is 2.71. The van der Waals surface area contributed by atoms with Crippen LogP contribution in [0.4, 0.5) is 0 Å². The average Bonchev–Trinajstić information content (AvgIpc) is 2.15. The predicted octanol–water partition coefficient (Wildman–Crippen LogP) is 0.276. The van der Waals surface area contributed by atoms with Gasteiger partial charge in [0.15, 0.2) is 0 Å². The van der Waals surface area contributed by atoms with Crippen LogP contribution in [-0.4, -0.2) is 32.0 Å². The molecule has 0 atom stereocenters. The maximum absolute atomic E-state index is 11.2. The van der Waals surface area contributed by atoms with E-state index in [0.717, 1.165) is 12.8 Å². The summed E-state index contributed by atoms with van der Waals surface area (Å²) in [4.78, 5) is 11.2. The van der Waals surface area contributed by atoms with Crippen LogP contribution in [0.25, 0.3) is 0 Å². The third-order valence-corrected chi connectivity index (χ3v) is 1.59. The first-order valence-corrected chi connectivity index (χ1v) is 4.35. The zero-order chi connectivity index (χ0) is 8.81. The third kappa shape index (κ3) is 2.79. The minimum absolute atomic E-state index is 0.156. The van der Waals surface area contributed by atoms with E-state index in [1.807, 2.05) is 6.92 Å². The zero-order valence-electron chi connectivity index (χ0n) is 7.34. The smallest absolute Gasteiger partial charge is 0.277 e. The molecule has 0 aromatic carbocycles. The lowest BCUT2D eigenvalue weighted by Gasteiger charge is -2.21. The molecule has 0 unspecified atom stereocenters. The van der Waals surface area contributed by atoms with Crippen molar-refractivity contribution in [2.45, 2.75) is 26.1 Å². The van der Waals surface area contributed by atoms with E-state index >= 15 is 0 Å². The van der Waals surface area contributed by atoms with E-state index in [1.165, 1.54) is 0 Å². The van der Waals surface area contributed by atoms with Crippen molar-refractivity contribution in [1.29, 1.82) is 0 Å². The van der Waals surface area contributed by atoms with E-state index in [9.17, 15) is 4.79 Å². The van der Waals surface area contributed by atoms with Gasteiger partial charge in [0, 0.05) is 6.54 Å². The van der Waals surface area contributed by atoms with Gasteiger partial charge < -0.3 is 14.8 Å². The van der Waals surface area contributed by atoms with Crippen LogP contribution >= 0.6 is 0 Å². The van der Waals surface area contributed by atoms with Gasteiger partial charge >= 0.3 is 0 Å². The summed E-state index contributed by atoms with van der Waals surface area (Å²) in [7, 11) is 0. The Morgan fingerprint density at radius 3 is 2.75 bits per heavy atom. The zero-order valence-corrected chi connectivity index (χ0v) is 7.34. The predicted molar refractivity (Wildman–Crippen MR) is 43.6 cm³/mol. The van der Waals surface area contributed by atoms with Crippen LogP contribution in [0.5, 0.6) is 0 Å². The average molecular weight is 173 g/mol. The van der Waals surface area contributed by atoms with Crippen molar-refractivity contribution in [3.8, 4) is 0 Å². The molecule has 0 bridgehead atoms. The topological polar surface area (TPSA) is 47.6 Å². The second-order valence-corrected chi connectivity index (χ2v) is 2.72. The highest BCUT2D eigenvalue weighted by Gasteiger charge is 2.21. The van der Waals surface area contributed by atoms with Gasteiger partial charge in [-0.3, -0.25) is 4.79 Å². The van der Waals surface area contributed by atoms with E-state index in [1.54, 1.807) is 0 Å².